The van der Waals surface area contributed by atoms with Crippen molar-refractivity contribution in [1.82, 2.24) is 9.97 Å². The molecule has 0 saturated heterocycles. The average molecular weight is 519 g/mol. The number of rotatable bonds is 4. The lowest BCUT2D eigenvalue weighted by Gasteiger charge is -2.39. The maximum atomic E-state index is 6.45. The SMILES string of the molecule is CC.c1ccc(-c2cccc(C3(c4cccc(-c5ccccc5)n4)c4ccccc4Oc4ccccc43)n2)cc1. The minimum absolute atomic E-state index is 0.777. The Labute approximate surface area is 235 Å². The molecule has 3 nitrogen and oxygen atoms in total. The smallest absolute Gasteiger partial charge is 0.132 e. The highest BCUT2D eigenvalue weighted by molar-refractivity contribution is 5.70. The first-order valence-corrected chi connectivity index (χ1v) is 13.8. The zero-order valence-electron chi connectivity index (χ0n) is 22.7. The number of hydrogen-bond donors (Lipinski definition) is 0. The quantitative estimate of drug-likeness (QED) is 0.233. The molecular formula is C37H30N2O. The lowest BCUT2D eigenvalue weighted by atomic mass is 9.67. The van der Waals surface area contributed by atoms with E-state index in [1.54, 1.807) is 0 Å². The molecule has 3 heterocycles. The maximum Gasteiger partial charge on any atom is 0.132 e. The molecule has 3 heteroatoms. The number of pyridine rings is 2. The molecule has 0 amide bonds. The van der Waals surface area contributed by atoms with Crippen molar-refractivity contribution in [2.75, 3.05) is 0 Å². The molecule has 6 aromatic rings. The van der Waals surface area contributed by atoms with Gasteiger partial charge in [-0.05, 0) is 36.4 Å². The maximum absolute atomic E-state index is 6.45. The molecule has 2 aromatic heterocycles. The number of ether oxygens (including phenoxy) is 1. The lowest BCUT2D eigenvalue weighted by Crippen LogP contribution is -2.36. The van der Waals surface area contributed by atoms with E-state index in [1.807, 2.05) is 74.5 Å². The van der Waals surface area contributed by atoms with Crippen molar-refractivity contribution in [2.24, 2.45) is 0 Å². The van der Waals surface area contributed by atoms with Gasteiger partial charge in [-0.15, -0.1) is 0 Å². The van der Waals surface area contributed by atoms with Crippen molar-refractivity contribution in [3.05, 3.63) is 168 Å². The Kier molecular flexibility index (Phi) is 6.95. The Hall–Kier alpha value is -5.02. The van der Waals surface area contributed by atoms with E-state index in [1.165, 1.54) is 0 Å². The molecule has 1 aliphatic heterocycles. The van der Waals surface area contributed by atoms with Crippen LogP contribution in [0.1, 0.15) is 36.4 Å². The van der Waals surface area contributed by atoms with Crippen LogP contribution in [0.3, 0.4) is 0 Å². The third-order valence-corrected chi connectivity index (χ3v) is 7.21. The molecule has 40 heavy (non-hydrogen) atoms. The highest BCUT2D eigenvalue weighted by Gasteiger charge is 2.47. The molecule has 194 valence electrons. The minimum Gasteiger partial charge on any atom is -0.457 e. The molecule has 0 radical (unpaired) electrons. The summed E-state index contributed by atoms with van der Waals surface area (Å²) < 4.78 is 6.45. The van der Waals surface area contributed by atoms with Crippen molar-refractivity contribution in [3.63, 3.8) is 0 Å². The van der Waals surface area contributed by atoms with Gasteiger partial charge in [0, 0.05) is 22.3 Å². The molecule has 4 aromatic carbocycles. The Morgan fingerprint density at radius 2 is 0.825 bits per heavy atom. The van der Waals surface area contributed by atoms with Crippen LogP contribution in [0.2, 0.25) is 0 Å². The highest BCUT2D eigenvalue weighted by atomic mass is 16.5. The van der Waals surface area contributed by atoms with E-state index >= 15 is 0 Å². The van der Waals surface area contributed by atoms with E-state index in [-0.39, 0.29) is 0 Å². The summed E-state index contributed by atoms with van der Waals surface area (Å²) in [6.07, 6.45) is 0. The largest absolute Gasteiger partial charge is 0.457 e. The second kappa shape index (κ2) is 11.0. The number of para-hydroxylation sites is 2. The molecule has 0 spiro atoms. The van der Waals surface area contributed by atoms with E-state index in [4.69, 9.17) is 14.7 Å². The van der Waals surface area contributed by atoms with Gasteiger partial charge in [0.2, 0.25) is 0 Å². The Morgan fingerprint density at radius 1 is 0.425 bits per heavy atom. The fourth-order valence-corrected chi connectivity index (χ4v) is 5.50. The Morgan fingerprint density at radius 3 is 1.27 bits per heavy atom. The predicted octanol–water partition coefficient (Wildman–Crippen LogP) is 9.33. The lowest BCUT2D eigenvalue weighted by molar-refractivity contribution is 0.430. The van der Waals surface area contributed by atoms with E-state index < -0.39 is 5.41 Å². The van der Waals surface area contributed by atoms with E-state index in [9.17, 15) is 0 Å². The zero-order valence-corrected chi connectivity index (χ0v) is 22.7. The summed E-state index contributed by atoms with van der Waals surface area (Å²) in [5.41, 5.74) is 7.06. The van der Waals surface area contributed by atoms with Crippen LogP contribution in [-0.4, -0.2) is 9.97 Å². The van der Waals surface area contributed by atoms with Gasteiger partial charge in [0.25, 0.3) is 0 Å². The second-order valence-electron chi connectivity index (χ2n) is 9.39. The molecule has 0 N–H and O–H groups in total. The van der Waals surface area contributed by atoms with E-state index in [0.29, 0.717) is 0 Å². The van der Waals surface area contributed by atoms with Gasteiger partial charge in [-0.2, -0.15) is 0 Å². The topological polar surface area (TPSA) is 35.0 Å². The van der Waals surface area contributed by atoms with Crippen molar-refractivity contribution in [1.29, 1.82) is 0 Å². The van der Waals surface area contributed by atoms with Gasteiger partial charge in [-0.1, -0.05) is 123 Å². The predicted molar refractivity (Wildman–Crippen MR) is 163 cm³/mol. The fourth-order valence-electron chi connectivity index (χ4n) is 5.50. The summed E-state index contributed by atoms with van der Waals surface area (Å²) in [6.45, 7) is 4.00. The molecule has 7 rings (SSSR count). The number of nitrogens with zero attached hydrogens (tertiary/aromatic N) is 2. The monoisotopic (exact) mass is 518 g/mol. The summed E-state index contributed by atoms with van der Waals surface area (Å²) >= 11 is 0. The summed E-state index contributed by atoms with van der Waals surface area (Å²) in [5, 5.41) is 0. The summed E-state index contributed by atoms with van der Waals surface area (Å²) in [4.78, 5) is 10.6. The third kappa shape index (κ3) is 4.26. The number of aromatic nitrogens is 2. The van der Waals surface area contributed by atoms with Gasteiger partial charge in [0.05, 0.1) is 22.8 Å². The molecule has 0 unspecified atom stereocenters. The van der Waals surface area contributed by atoms with Crippen molar-refractivity contribution in [3.8, 4) is 34.0 Å². The van der Waals surface area contributed by atoms with Crippen LogP contribution in [-0.2, 0) is 5.41 Å². The van der Waals surface area contributed by atoms with E-state index in [2.05, 4.69) is 84.9 Å². The average Bonchev–Trinajstić information content (AvgIpc) is 3.05. The van der Waals surface area contributed by atoms with Gasteiger partial charge >= 0.3 is 0 Å². The highest BCUT2D eigenvalue weighted by Crippen LogP contribution is 2.54. The molecule has 0 saturated carbocycles. The first kappa shape index (κ1) is 25.3. The minimum atomic E-state index is -0.777. The number of benzene rings is 4. The molecular weight excluding hydrogens is 488 g/mol. The molecule has 0 atom stereocenters. The normalized spacial score (nSPS) is 12.7. The van der Waals surface area contributed by atoms with Crippen molar-refractivity contribution < 1.29 is 4.74 Å². The van der Waals surface area contributed by atoms with Crippen LogP contribution in [0.5, 0.6) is 11.5 Å². The molecule has 1 aliphatic rings. The fraction of sp³-hybridized carbons (Fsp3) is 0.0811. The van der Waals surface area contributed by atoms with E-state index in [0.717, 1.165) is 56.5 Å². The van der Waals surface area contributed by atoms with Crippen molar-refractivity contribution >= 4 is 0 Å². The first-order valence-electron chi connectivity index (χ1n) is 13.8. The van der Waals surface area contributed by atoms with Crippen LogP contribution in [0, 0.1) is 0 Å². The Balaban J connectivity index is 0.00000142. The van der Waals surface area contributed by atoms with Crippen LogP contribution in [0.15, 0.2) is 146 Å². The molecule has 0 fully saturated rings. The van der Waals surface area contributed by atoms with Gasteiger partial charge in [0.1, 0.15) is 16.9 Å². The number of fused-ring (bicyclic) bond motifs is 2. The van der Waals surface area contributed by atoms with Crippen LogP contribution >= 0.6 is 0 Å². The third-order valence-electron chi connectivity index (χ3n) is 7.21. The van der Waals surface area contributed by atoms with Gasteiger partial charge in [-0.25, -0.2) is 0 Å². The van der Waals surface area contributed by atoms with Gasteiger partial charge in [-0.3, -0.25) is 9.97 Å². The zero-order chi connectivity index (χ0) is 27.4. The molecule has 0 bridgehead atoms. The van der Waals surface area contributed by atoms with Crippen molar-refractivity contribution in [2.45, 2.75) is 19.3 Å². The van der Waals surface area contributed by atoms with Crippen LogP contribution in [0.4, 0.5) is 0 Å². The van der Waals surface area contributed by atoms with Crippen LogP contribution in [0.25, 0.3) is 22.5 Å². The second-order valence-corrected chi connectivity index (χ2v) is 9.39. The summed E-state index contributed by atoms with van der Waals surface area (Å²) in [6, 6.07) is 49.6. The standard InChI is InChI=1S/C35H24N2O.C2H6/c1-3-13-25(14-4-1)29-19-11-23-33(36-29)35(34-24-12-20-30(37-34)26-15-5-2-6-16-26)27-17-7-9-21-31(27)38-32-22-10-8-18-28(32)35;1-2/h1-24H;1-2H3. The number of hydrogen-bond acceptors (Lipinski definition) is 3. The van der Waals surface area contributed by atoms with Crippen LogP contribution < -0.4 is 4.74 Å². The first-order chi connectivity index (χ1) is 19.8. The van der Waals surface area contributed by atoms with Gasteiger partial charge < -0.3 is 4.74 Å². The summed E-state index contributed by atoms with van der Waals surface area (Å²) in [7, 11) is 0. The van der Waals surface area contributed by atoms with Gasteiger partial charge in [0.15, 0.2) is 0 Å². The molecule has 0 aliphatic carbocycles. The summed E-state index contributed by atoms with van der Waals surface area (Å²) in [5.74, 6) is 1.62. The Bertz CT molecular complexity index is 1620.